The molecule has 1 heterocycles. The average Bonchev–Trinajstić information content (AvgIpc) is 2.50. The van der Waals surface area contributed by atoms with Crippen molar-refractivity contribution in [3.05, 3.63) is 23.5 Å². The van der Waals surface area contributed by atoms with E-state index in [2.05, 4.69) is 58.7 Å². The Labute approximate surface area is 101 Å². The highest BCUT2D eigenvalue weighted by molar-refractivity contribution is 5.18. The van der Waals surface area contributed by atoms with Gasteiger partial charge in [-0.05, 0) is 36.3 Å². The summed E-state index contributed by atoms with van der Waals surface area (Å²) in [5.74, 6) is 1.39. The molecule has 1 nitrogen and oxygen atoms in total. The second kappa shape index (κ2) is 5.07. The molecule has 0 amide bonds. The van der Waals surface area contributed by atoms with Crippen LogP contribution in [-0.4, -0.2) is 4.98 Å². The molecule has 1 N–H and O–H groups in total. The molecular formula is C15H27N. The molecule has 0 aromatic carbocycles. The smallest absolute Gasteiger partial charge is 0.0183 e. The molecule has 16 heavy (non-hydrogen) atoms. The van der Waals surface area contributed by atoms with Gasteiger partial charge in [0.1, 0.15) is 0 Å². The van der Waals surface area contributed by atoms with Gasteiger partial charge in [0.15, 0.2) is 0 Å². The summed E-state index contributed by atoms with van der Waals surface area (Å²) >= 11 is 0. The van der Waals surface area contributed by atoms with Crippen LogP contribution in [0.1, 0.15) is 65.3 Å². The third-order valence-electron chi connectivity index (χ3n) is 3.13. The molecule has 0 bridgehead atoms. The fraction of sp³-hybridized carbons (Fsp3) is 0.733. The van der Waals surface area contributed by atoms with Gasteiger partial charge in [-0.1, -0.05) is 41.5 Å². The van der Waals surface area contributed by atoms with Gasteiger partial charge in [-0.2, -0.15) is 0 Å². The monoisotopic (exact) mass is 221 g/mol. The molecule has 0 aliphatic carbocycles. The molecule has 0 spiro atoms. The van der Waals surface area contributed by atoms with E-state index in [1.165, 1.54) is 17.8 Å². The van der Waals surface area contributed by atoms with Crippen molar-refractivity contribution in [2.45, 2.75) is 60.3 Å². The average molecular weight is 221 g/mol. The maximum Gasteiger partial charge on any atom is 0.0183 e. The van der Waals surface area contributed by atoms with Crippen LogP contribution in [0.5, 0.6) is 0 Å². The zero-order chi connectivity index (χ0) is 12.3. The molecule has 1 heteroatoms. The number of aromatic nitrogens is 1. The van der Waals surface area contributed by atoms with E-state index in [0.717, 1.165) is 6.42 Å². The van der Waals surface area contributed by atoms with Crippen LogP contribution in [0.4, 0.5) is 0 Å². The van der Waals surface area contributed by atoms with E-state index in [1.54, 1.807) is 0 Å². The molecular weight excluding hydrogens is 194 g/mol. The summed E-state index contributed by atoms with van der Waals surface area (Å²) in [5, 5.41) is 0. The lowest BCUT2D eigenvalue weighted by Gasteiger charge is -2.19. The van der Waals surface area contributed by atoms with Crippen molar-refractivity contribution in [1.82, 2.24) is 4.98 Å². The van der Waals surface area contributed by atoms with E-state index < -0.39 is 0 Å². The molecule has 1 unspecified atom stereocenters. The minimum Gasteiger partial charge on any atom is -0.362 e. The lowest BCUT2D eigenvalue weighted by Crippen LogP contribution is -2.10. The predicted molar refractivity (Wildman–Crippen MR) is 71.8 cm³/mol. The summed E-state index contributed by atoms with van der Waals surface area (Å²) < 4.78 is 0. The van der Waals surface area contributed by atoms with Crippen molar-refractivity contribution in [2.24, 2.45) is 11.3 Å². The Morgan fingerprint density at radius 1 is 1.19 bits per heavy atom. The largest absolute Gasteiger partial charge is 0.362 e. The second-order valence-electron chi connectivity index (χ2n) is 6.44. The van der Waals surface area contributed by atoms with Gasteiger partial charge in [-0.25, -0.2) is 0 Å². The van der Waals surface area contributed by atoms with Crippen LogP contribution in [0.2, 0.25) is 0 Å². The van der Waals surface area contributed by atoms with E-state index in [0.29, 0.717) is 17.3 Å². The summed E-state index contributed by atoms with van der Waals surface area (Å²) in [7, 11) is 0. The Bertz CT molecular complexity index is 314. The molecule has 1 aromatic rings. The SMILES string of the molecule is CCC(c1ccc(CC(C)(C)C)[nH]1)C(C)C. The third-order valence-corrected chi connectivity index (χ3v) is 3.13. The highest BCUT2D eigenvalue weighted by Crippen LogP contribution is 2.28. The Morgan fingerprint density at radius 2 is 1.81 bits per heavy atom. The first-order chi connectivity index (χ1) is 7.33. The first-order valence-electron chi connectivity index (χ1n) is 6.51. The minimum atomic E-state index is 0.363. The van der Waals surface area contributed by atoms with Gasteiger partial charge in [0.25, 0.3) is 0 Å². The Morgan fingerprint density at radius 3 is 2.25 bits per heavy atom. The third kappa shape index (κ3) is 3.70. The summed E-state index contributed by atoms with van der Waals surface area (Å²) in [6.45, 7) is 13.7. The highest BCUT2D eigenvalue weighted by atomic mass is 14.7. The molecule has 1 atom stereocenters. The van der Waals surface area contributed by atoms with Crippen LogP contribution in [0.15, 0.2) is 12.1 Å². The quantitative estimate of drug-likeness (QED) is 0.755. The topological polar surface area (TPSA) is 15.8 Å². The fourth-order valence-electron chi connectivity index (χ4n) is 2.40. The van der Waals surface area contributed by atoms with Crippen molar-refractivity contribution in [1.29, 1.82) is 0 Å². The Balaban J connectivity index is 2.78. The number of hydrogen-bond acceptors (Lipinski definition) is 0. The first kappa shape index (κ1) is 13.3. The number of nitrogens with one attached hydrogen (secondary N) is 1. The van der Waals surface area contributed by atoms with Crippen molar-refractivity contribution in [3.63, 3.8) is 0 Å². The summed E-state index contributed by atoms with van der Waals surface area (Å²) in [4.78, 5) is 3.60. The van der Waals surface area contributed by atoms with Gasteiger partial charge in [0.05, 0.1) is 0 Å². The van der Waals surface area contributed by atoms with E-state index in [4.69, 9.17) is 0 Å². The number of aromatic amines is 1. The Hall–Kier alpha value is -0.720. The first-order valence-corrected chi connectivity index (χ1v) is 6.51. The lowest BCUT2D eigenvalue weighted by molar-refractivity contribution is 0.405. The lowest BCUT2D eigenvalue weighted by atomic mass is 9.90. The van der Waals surface area contributed by atoms with Crippen LogP contribution in [0.3, 0.4) is 0 Å². The maximum atomic E-state index is 3.60. The molecule has 1 rings (SSSR count). The zero-order valence-corrected chi connectivity index (χ0v) is 11.7. The van der Waals surface area contributed by atoms with Crippen LogP contribution in [0.25, 0.3) is 0 Å². The molecule has 0 saturated heterocycles. The van der Waals surface area contributed by atoms with Crippen LogP contribution in [0, 0.1) is 11.3 Å². The van der Waals surface area contributed by atoms with Crippen molar-refractivity contribution < 1.29 is 0 Å². The van der Waals surface area contributed by atoms with Gasteiger partial charge >= 0.3 is 0 Å². The standard InChI is InChI=1S/C15H27N/c1-7-13(11(2)3)14-9-8-12(16-14)10-15(4,5)6/h8-9,11,13,16H,7,10H2,1-6H3. The number of H-pyrrole nitrogens is 1. The normalized spacial score (nSPS) is 14.4. The van der Waals surface area contributed by atoms with Gasteiger partial charge in [-0.15, -0.1) is 0 Å². The summed E-state index contributed by atoms with van der Waals surface area (Å²) in [6, 6.07) is 4.53. The fourth-order valence-corrected chi connectivity index (χ4v) is 2.40. The number of rotatable bonds is 4. The van der Waals surface area contributed by atoms with Crippen LogP contribution < -0.4 is 0 Å². The molecule has 0 saturated carbocycles. The number of hydrogen-bond donors (Lipinski definition) is 1. The van der Waals surface area contributed by atoms with E-state index >= 15 is 0 Å². The van der Waals surface area contributed by atoms with E-state index in [-0.39, 0.29) is 0 Å². The van der Waals surface area contributed by atoms with Crippen LogP contribution >= 0.6 is 0 Å². The zero-order valence-electron chi connectivity index (χ0n) is 11.7. The second-order valence-corrected chi connectivity index (χ2v) is 6.44. The summed E-state index contributed by atoms with van der Waals surface area (Å²) in [5.41, 5.74) is 3.15. The molecule has 0 aliphatic heterocycles. The maximum absolute atomic E-state index is 3.60. The highest BCUT2D eigenvalue weighted by Gasteiger charge is 2.17. The van der Waals surface area contributed by atoms with E-state index in [1.807, 2.05) is 0 Å². The molecule has 0 aliphatic rings. The van der Waals surface area contributed by atoms with Crippen molar-refractivity contribution in [2.75, 3.05) is 0 Å². The Kier molecular flexibility index (Phi) is 4.23. The predicted octanol–water partition coefficient (Wildman–Crippen LogP) is 4.75. The minimum absolute atomic E-state index is 0.363. The molecule has 1 aromatic heterocycles. The van der Waals surface area contributed by atoms with Crippen molar-refractivity contribution >= 4 is 0 Å². The van der Waals surface area contributed by atoms with Crippen molar-refractivity contribution in [3.8, 4) is 0 Å². The van der Waals surface area contributed by atoms with Crippen LogP contribution in [-0.2, 0) is 6.42 Å². The molecule has 92 valence electrons. The molecule has 0 fully saturated rings. The summed E-state index contributed by atoms with van der Waals surface area (Å²) in [6.07, 6.45) is 2.34. The van der Waals surface area contributed by atoms with Gasteiger partial charge in [-0.3, -0.25) is 0 Å². The van der Waals surface area contributed by atoms with Gasteiger partial charge < -0.3 is 4.98 Å². The van der Waals surface area contributed by atoms with E-state index in [9.17, 15) is 0 Å². The van der Waals surface area contributed by atoms with Gasteiger partial charge in [0, 0.05) is 17.3 Å². The molecule has 0 radical (unpaired) electrons. The van der Waals surface area contributed by atoms with Gasteiger partial charge in [0.2, 0.25) is 0 Å².